The smallest absolute Gasteiger partial charge is 0.164 e. The van der Waals surface area contributed by atoms with Crippen LogP contribution in [0.1, 0.15) is 48.8 Å². The molecule has 1 saturated carbocycles. The van der Waals surface area contributed by atoms with E-state index in [4.69, 9.17) is 19.4 Å². The van der Waals surface area contributed by atoms with Crippen molar-refractivity contribution in [3.63, 3.8) is 0 Å². The van der Waals surface area contributed by atoms with Crippen LogP contribution in [0, 0.1) is 11.3 Å². The van der Waals surface area contributed by atoms with Crippen LogP contribution in [0.25, 0.3) is 89.5 Å². The minimum absolute atomic E-state index is 0.0397. The Labute approximate surface area is 331 Å². The van der Waals surface area contributed by atoms with E-state index in [9.17, 15) is 5.26 Å². The van der Waals surface area contributed by atoms with Crippen molar-refractivity contribution >= 4 is 21.9 Å². The number of benzene rings is 7. The molecule has 5 heteroatoms. The lowest BCUT2D eigenvalue weighted by atomic mass is 9.67. The van der Waals surface area contributed by atoms with Gasteiger partial charge in [0, 0.05) is 32.9 Å². The van der Waals surface area contributed by atoms with Gasteiger partial charge in [0.1, 0.15) is 11.2 Å². The number of aromatic nitrogens is 3. The van der Waals surface area contributed by atoms with Crippen LogP contribution in [0.15, 0.2) is 162 Å². The first-order chi connectivity index (χ1) is 28.1. The third-order valence-electron chi connectivity index (χ3n) is 12.2. The Morgan fingerprint density at radius 1 is 0.456 bits per heavy atom. The van der Waals surface area contributed by atoms with E-state index in [2.05, 4.69) is 97.1 Å². The number of nitrogens with zero attached hydrogens (tertiary/aromatic N) is 4. The standard InChI is InChI=1S/C52H36N4O/c53-32-33-16-26-44-43(30-33)48-40(13-9-14-45(48)52(44)28-7-2-8-29-52)36-21-17-34(18-22-36)35-19-23-38(24-20-35)50-54-49(37-10-3-1-4-11-37)55-51(56-50)39-25-27-47-42(31-39)41-12-5-6-15-46(41)57-47/h1,3-6,9-27,30-31H,2,7-8,28-29H2. The highest BCUT2D eigenvalue weighted by Crippen LogP contribution is 2.58. The number of hydrogen-bond donors (Lipinski definition) is 0. The van der Waals surface area contributed by atoms with Gasteiger partial charge in [-0.15, -0.1) is 0 Å². The fourth-order valence-electron chi connectivity index (χ4n) is 9.43. The molecule has 0 amide bonds. The number of nitriles is 1. The molecule has 2 heterocycles. The largest absolute Gasteiger partial charge is 0.456 e. The first-order valence-electron chi connectivity index (χ1n) is 19.8. The van der Waals surface area contributed by atoms with Crippen molar-refractivity contribution in [3.8, 4) is 73.6 Å². The zero-order chi connectivity index (χ0) is 37.9. The summed E-state index contributed by atoms with van der Waals surface area (Å²) in [5.74, 6) is 1.85. The van der Waals surface area contributed by atoms with Gasteiger partial charge >= 0.3 is 0 Å². The number of rotatable bonds is 5. The maximum absolute atomic E-state index is 9.84. The third kappa shape index (κ3) is 5.48. The SMILES string of the molecule is N#Cc1ccc2c(c1)-c1c(-c3ccc(-c4ccc(-c5nc(-c6ccccc6)nc(-c6ccc7oc8ccccc8c7c6)n5)cc4)cc3)cccc1C21CCCCC1. The lowest BCUT2D eigenvalue weighted by Gasteiger charge is -2.36. The molecule has 7 aromatic carbocycles. The van der Waals surface area contributed by atoms with Gasteiger partial charge in [0.05, 0.1) is 11.6 Å². The van der Waals surface area contributed by atoms with E-state index in [0.29, 0.717) is 17.5 Å². The molecule has 270 valence electrons. The summed E-state index contributed by atoms with van der Waals surface area (Å²) in [6, 6.07) is 57.2. The zero-order valence-corrected chi connectivity index (χ0v) is 31.2. The van der Waals surface area contributed by atoms with Gasteiger partial charge in [0.2, 0.25) is 0 Å². The fourth-order valence-corrected chi connectivity index (χ4v) is 9.43. The highest BCUT2D eigenvalue weighted by atomic mass is 16.3. The molecule has 2 aromatic heterocycles. The Morgan fingerprint density at radius 2 is 1.07 bits per heavy atom. The molecule has 9 aromatic rings. The quantitative estimate of drug-likeness (QED) is 0.176. The molecule has 1 fully saturated rings. The minimum atomic E-state index is 0.0397. The molecular formula is C52H36N4O. The van der Waals surface area contributed by atoms with E-state index in [-0.39, 0.29) is 5.41 Å². The predicted octanol–water partition coefficient (Wildman–Crippen LogP) is 13.2. The van der Waals surface area contributed by atoms with Crippen LogP contribution in [0.4, 0.5) is 0 Å². The van der Waals surface area contributed by atoms with Crippen LogP contribution in [-0.4, -0.2) is 15.0 Å². The van der Waals surface area contributed by atoms with E-state index in [1.165, 1.54) is 52.6 Å². The van der Waals surface area contributed by atoms with Crippen molar-refractivity contribution < 1.29 is 4.42 Å². The van der Waals surface area contributed by atoms with E-state index >= 15 is 0 Å². The Hall–Kier alpha value is -7.16. The van der Waals surface area contributed by atoms with Gasteiger partial charge in [-0.25, -0.2) is 15.0 Å². The summed E-state index contributed by atoms with van der Waals surface area (Å²) in [5, 5.41) is 11.9. The Morgan fingerprint density at radius 3 is 1.81 bits per heavy atom. The van der Waals surface area contributed by atoms with Gasteiger partial charge in [0.15, 0.2) is 17.5 Å². The van der Waals surface area contributed by atoms with Crippen molar-refractivity contribution in [2.45, 2.75) is 37.5 Å². The molecule has 1 spiro atoms. The fraction of sp³-hybridized carbons (Fsp3) is 0.115. The Bertz CT molecular complexity index is 3040. The van der Waals surface area contributed by atoms with Gasteiger partial charge in [-0.2, -0.15) is 5.26 Å². The average Bonchev–Trinajstić information content (AvgIpc) is 3.79. The van der Waals surface area contributed by atoms with Crippen LogP contribution < -0.4 is 0 Å². The summed E-state index contributed by atoms with van der Waals surface area (Å²) in [4.78, 5) is 15.0. The third-order valence-corrected chi connectivity index (χ3v) is 12.2. The summed E-state index contributed by atoms with van der Waals surface area (Å²) >= 11 is 0. The van der Waals surface area contributed by atoms with Gasteiger partial charge in [-0.3, -0.25) is 0 Å². The number of hydrogen-bond acceptors (Lipinski definition) is 5. The molecule has 0 atom stereocenters. The second-order valence-corrected chi connectivity index (χ2v) is 15.4. The maximum Gasteiger partial charge on any atom is 0.164 e. The molecule has 2 aliphatic carbocycles. The molecule has 11 rings (SSSR count). The molecule has 57 heavy (non-hydrogen) atoms. The topological polar surface area (TPSA) is 75.6 Å². The van der Waals surface area contributed by atoms with Crippen LogP contribution in [-0.2, 0) is 5.41 Å². The van der Waals surface area contributed by atoms with Gasteiger partial charge < -0.3 is 4.42 Å². The second-order valence-electron chi connectivity index (χ2n) is 15.4. The van der Waals surface area contributed by atoms with Gasteiger partial charge in [0.25, 0.3) is 0 Å². The summed E-state index contributed by atoms with van der Waals surface area (Å²) in [6.45, 7) is 0. The van der Waals surface area contributed by atoms with Crippen molar-refractivity contribution in [1.82, 2.24) is 15.0 Å². The normalized spacial score (nSPS) is 14.1. The predicted molar refractivity (Wildman–Crippen MR) is 228 cm³/mol. The highest BCUT2D eigenvalue weighted by molar-refractivity contribution is 6.06. The van der Waals surface area contributed by atoms with E-state index < -0.39 is 0 Å². The second kappa shape index (κ2) is 13.3. The molecule has 0 bridgehead atoms. The van der Waals surface area contributed by atoms with Crippen molar-refractivity contribution in [1.29, 1.82) is 5.26 Å². The molecule has 5 nitrogen and oxygen atoms in total. The Kier molecular flexibility index (Phi) is 7.72. The van der Waals surface area contributed by atoms with Crippen molar-refractivity contribution in [2.24, 2.45) is 0 Å². The van der Waals surface area contributed by atoms with Gasteiger partial charge in [-0.1, -0.05) is 141 Å². The number of fused-ring (bicyclic) bond motifs is 8. The average molecular weight is 733 g/mol. The highest BCUT2D eigenvalue weighted by Gasteiger charge is 2.44. The lowest BCUT2D eigenvalue weighted by molar-refractivity contribution is 0.353. The Balaban J connectivity index is 0.941. The lowest BCUT2D eigenvalue weighted by Crippen LogP contribution is -2.28. The van der Waals surface area contributed by atoms with Crippen LogP contribution in [0.2, 0.25) is 0 Å². The van der Waals surface area contributed by atoms with Crippen LogP contribution in [0.5, 0.6) is 0 Å². The maximum atomic E-state index is 9.84. The zero-order valence-electron chi connectivity index (χ0n) is 31.2. The molecule has 0 aliphatic heterocycles. The first-order valence-corrected chi connectivity index (χ1v) is 19.8. The summed E-state index contributed by atoms with van der Waals surface area (Å²) < 4.78 is 6.10. The van der Waals surface area contributed by atoms with E-state index in [0.717, 1.165) is 68.2 Å². The number of furan rings is 1. The molecule has 0 radical (unpaired) electrons. The van der Waals surface area contributed by atoms with E-state index in [1.54, 1.807) is 0 Å². The van der Waals surface area contributed by atoms with E-state index in [1.807, 2.05) is 66.7 Å². The monoisotopic (exact) mass is 732 g/mol. The molecule has 0 N–H and O–H groups in total. The first kappa shape index (κ1) is 33.2. The molecule has 0 saturated heterocycles. The summed E-state index contributed by atoms with van der Waals surface area (Å²) in [5.41, 5.74) is 15.2. The van der Waals surface area contributed by atoms with Crippen LogP contribution >= 0.6 is 0 Å². The van der Waals surface area contributed by atoms with Crippen molar-refractivity contribution in [3.05, 3.63) is 174 Å². The minimum Gasteiger partial charge on any atom is -0.456 e. The van der Waals surface area contributed by atoms with Crippen LogP contribution in [0.3, 0.4) is 0 Å². The molecule has 2 aliphatic rings. The molecule has 0 unspecified atom stereocenters. The number of para-hydroxylation sites is 1. The summed E-state index contributed by atoms with van der Waals surface area (Å²) in [7, 11) is 0. The molecular weight excluding hydrogens is 697 g/mol. The van der Waals surface area contributed by atoms with Crippen molar-refractivity contribution in [2.75, 3.05) is 0 Å². The van der Waals surface area contributed by atoms with Gasteiger partial charge in [-0.05, 0) is 93.7 Å². The summed E-state index contributed by atoms with van der Waals surface area (Å²) in [6.07, 6.45) is 6.08.